The van der Waals surface area contributed by atoms with Gasteiger partial charge in [0.25, 0.3) is 5.56 Å². The van der Waals surface area contributed by atoms with Gasteiger partial charge in [-0.25, -0.2) is 4.79 Å². The molecule has 0 fully saturated rings. The smallest absolute Gasteiger partial charge is 0.312 e. The molecule has 3 heterocycles. The van der Waals surface area contributed by atoms with E-state index in [2.05, 4.69) is 50.8 Å². The highest BCUT2D eigenvalue weighted by Gasteiger charge is 2.27. The molecule has 1 aliphatic rings. The quantitative estimate of drug-likeness (QED) is 0.681. The van der Waals surface area contributed by atoms with Crippen molar-refractivity contribution < 1.29 is 0 Å². The number of aryl methyl sites for hydroxylation is 4. The molecular formula is C22H29N5O2. The molecule has 4 rings (SSSR count). The maximum atomic E-state index is 13.3. The SMILES string of the molecule is Cc1ccc(N2CCCn3c2nc2c3c(=O)n(CCC(C)C)c(=O)n2C)cc1C. The summed E-state index contributed by atoms with van der Waals surface area (Å²) < 4.78 is 4.87. The van der Waals surface area contributed by atoms with Gasteiger partial charge in [-0.2, -0.15) is 4.98 Å². The highest BCUT2D eigenvalue weighted by Crippen LogP contribution is 2.31. The third kappa shape index (κ3) is 3.18. The van der Waals surface area contributed by atoms with Gasteiger partial charge in [-0.05, 0) is 55.9 Å². The second kappa shape index (κ2) is 7.21. The van der Waals surface area contributed by atoms with Crippen LogP contribution in [0.4, 0.5) is 11.6 Å². The fourth-order valence-corrected chi connectivity index (χ4v) is 3.99. The molecular weight excluding hydrogens is 366 g/mol. The van der Waals surface area contributed by atoms with Gasteiger partial charge in [-0.1, -0.05) is 19.9 Å². The van der Waals surface area contributed by atoms with Crippen LogP contribution in [-0.2, 0) is 20.1 Å². The van der Waals surface area contributed by atoms with Crippen LogP contribution in [0.5, 0.6) is 0 Å². The Labute approximate surface area is 170 Å². The molecule has 0 unspecified atom stereocenters. The predicted molar refractivity (Wildman–Crippen MR) is 116 cm³/mol. The summed E-state index contributed by atoms with van der Waals surface area (Å²) in [4.78, 5) is 33.0. The van der Waals surface area contributed by atoms with Crippen molar-refractivity contribution >= 4 is 22.8 Å². The Bertz CT molecular complexity index is 1200. The number of anilines is 2. The molecule has 1 aliphatic heterocycles. The molecule has 0 bridgehead atoms. The minimum atomic E-state index is -0.295. The number of fused-ring (bicyclic) bond motifs is 3. The predicted octanol–water partition coefficient (Wildman–Crippen LogP) is 3.10. The number of hydrogen-bond acceptors (Lipinski definition) is 4. The van der Waals surface area contributed by atoms with Crippen LogP contribution >= 0.6 is 0 Å². The van der Waals surface area contributed by atoms with Crippen molar-refractivity contribution in [3.63, 3.8) is 0 Å². The highest BCUT2D eigenvalue weighted by atomic mass is 16.2. The highest BCUT2D eigenvalue weighted by molar-refractivity contribution is 5.77. The van der Waals surface area contributed by atoms with E-state index in [4.69, 9.17) is 4.98 Å². The summed E-state index contributed by atoms with van der Waals surface area (Å²) in [5.74, 6) is 1.16. The molecule has 29 heavy (non-hydrogen) atoms. The number of hydrogen-bond donors (Lipinski definition) is 0. The molecule has 0 N–H and O–H groups in total. The summed E-state index contributed by atoms with van der Waals surface area (Å²) in [5, 5.41) is 0. The molecule has 0 aliphatic carbocycles. The van der Waals surface area contributed by atoms with Crippen LogP contribution in [-0.4, -0.2) is 25.2 Å². The van der Waals surface area contributed by atoms with Crippen LogP contribution < -0.4 is 16.1 Å². The fraction of sp³-hybridized carbons (Fsp3) is 0.500. The van der Waals surface area contributed by atoms with Gasteiger partial charge in [0, 0.05) is 32.4 Å². The molecule has 1 aromatic carbocycles. The van der Waals surface area contributed by atoms with Crippen molar-refractivity contribution in [2.45, 2.75) is 53.6 Å². The van der Waals surface area contributed by atoms with Crippen LogP contribution in [0.25, 0.3) is 11.2 Å². The second-order valence-corrected chi connectivity index (χ2v) is 8.49. The third-order valence-electron chi connectivity index (χ3n) is 5.95. The number of imidazole rings is 1. The molecule has 0 radical (unpaired) electrons. The number of aromatic nitrogens is 4. The lowest BCUT2D eigenvalue weighted by Crippen LogP contribution is -2.40. The lowest BCUT2D eigenvalue weighted by molar-refractivity contribution is 0.487. The van der Waals surface area contributed by atoms with Crippen LogP contribution in [0.15, 0.2) is 27.8 Å². The van der Waals surface area contributed by atoms with E-state index >= 15 is 0 Å². The summed E-state index contributed by atoms with van der Waals surface area (Å²) in [7, 11) is 1.70. The Kier molecular flexibility index (Phi) is 4.84. The Morgan fingerprint density at radius 1 is 1.10 bits per heavy atom. The van der Waals surface area contributed by atoms with Gasteiger partial charge < -0.3 is 9.47 Å². The first-order valence-electron chi connectivity index (χ1n) is 10.3. The largest absolute Gasteiger partial charge is 0.332 e. The van der Waals surface area contributed by atoms with E-state index in [1.165, 1.54) is 20.3 Å². The standard InChI is InChI=1S/C22H29N5O2/c1-14(2)9-12-27-20(28)18-19(24(5)22(27)29)23-21-25(10-6-11-26(18)21)17-8-7-15(3)16(4)13-17/h7-8,13-14H,6,9-12H2,1-5H3. The first kappa shape index (κ1) is 19.5. The topological polar surface area (TPSA) is 65.1 Å². The van der Waals surface area contributed by atoms with Crippen LogP contribution in [0.1, 0.15) is 37.8 Å². The minimum Gasteiger partial charge on any atom is -0.312 e. The van der Waals surface area contributed by atoms with Gasteiger partial charge >= 0.3 is 5.69 Å². The third-order valence-corrected chi connectivity index (χ3v) is 5.95. The molecule has 2 aromatic heterocycles. The Balaban J connectivity index is 1.91. The number of nitrogens with zero attached hydrogens (tertiary/aromatic N) is 5. The van der Waals surface area contributed by atoms with Gasteiger partial charge in [0.2, 0.25) is 5.95 Å². The summed E-state index contributed by atoms with van der Waals surface area (Å²) in [6.07, 6.45) is 1.70. The Morgan fingerprint density at radius 2 is 1.86 bits per heavy atom. The van der Waals surface area contributed by atoms with Crippen LogP contribution in [0, 0.1) is 19.8 Å². The molecule has 154 valence electrons. The van der Waals surface area contributed by atoms with E-state index in [0.717, 1.165) is 37.6 Å². The van der Waals surface area contributed by atoms with E-state index in [1.54, 1.807) is 7.05 Å². The van der Waals surface area contributed by atoms with Crippen LogP contribution in [0.2, 0.25) is 0 Å². The molecule has 3 aromatic rings. The zero-order valence-corrected chi connectivity index (χ0v) is 17.9. The first-order valence-corrected chi connectivity index (χ1v) is 10.3. The Morgan fingerprint density at radius 3 is 2.55 bits per heavy atom. The van der Waals surface area contributed by atoms with Gasteiger partial charge in [0.1, 0.15) is 0 Å². The maximum Gasteiger partial charge on any atom is 0.332 e. The summed E-state index contributed by atoms with van der Waals surface area (Å²) in [5.41, 5.74) is 4.00. The van der Waals surface area contributed by atoms with Crippen molar-refractivity contribution in [2.75, 3.05) is 11.4 Å². The summed E-state index contributed by atoms with van der Waals surface area (Å²) >= 11 is 0. The van der Waals surface area contributed by atoms with Crippen molar-refractivity contribution in [1.82, 2.24) is 18.7 Å². The molecule has 0 amide bonds. The van der Waals surface area contributed by atoms with Gasteiger partial charge in [-0.3, -0.25) is 13.9 Å². The average molecular weight is 396 g/mol. The normalized spacial score (nSPS) is 14.1. The van der Waals surface area contributed by atoms with E-state index in [9.17, 15) is 9.59 Å². The van der Waals surface area contributed by atoms with Crippen molar-refractivity contribution in [2.24, 2.45) is 13.0 Å². The molecule has 0 spiro atoms. The van der Waals surface area contributed by atoms with Crippen molar-refractivity contribution in [3.05, 3.63) is 50.2 Å². The van der Waals surface area contributed by atoms with Gasteiger partial charge in [0.05, 0.1) is 0 Å². The number of benzene rings is 1. The fourth-order valence-electron chi connectivity index (χ4n) is 3.99. The van der Waals surface area contributed by atoms with E-state index in [-0.39, 0.29) is 11.2 Å². The van der Waals surface area contributed by atoms with E-state index < -0.39 is 0 Å². The maximum absolute atomic E-state index is 13.3. The van der Waals surface area contributed by atoms with Gasteiger partial charge in [-0.15, -0.1) is 0 Å². The van der Waals surface area contributed by atoms with Crippen LogP contribution in [0.3, 0.4) is 0 Å². The van der Waals surface area contributed by atoms with E-state index in [0.29, 0.717) is 23.6 Å². The zero-order chi connectivity index (χ0) is 20.9. The molecule has 0 saturated heterocycles. The summed E-state index contributed by atoms with van der Waals surface area (Å²) in [6.45, 7) is 10.4. The first-order chi connectivity index (χ1) is 13.8. The molecule has 0 atom stereocenters. The molecule has 0 saturated carbocycles. The second-order valence-electron chi connectivity index (χ2n) is 8.49. The van der Waals surface area contributed by atoms with Gasteiger partial charge in [0.15, 0.2) is 11.2 Å². The van der Waals surface area contributed by atoms with E-state index in [1.807, 2.05) is 4.57 Å². The molecule has 7 nitrogen and oxygen atoms in total. The number of rotatable bonds is 4. The Hall–Kier alpha value is -2.83. The lowest BCUT2D eigenvalue weighted by atomic mass is 10.1. The zero-order valence-electron chi connectivity index (χ0n) is 17.9. The van der Waals surface area contributed by atoms with Crippen molar-refractivity contribution in [1.29, 1.82) is 0 Å². The lowest BCUT2D eigenvalue weighted by Gasteiger charge is -2.29. The molecule has 7 heteroatoms. The van der Waals surface area contributed by atoms with Crippen molar-refractivity contribution in [3.8, 4) is 0 Å². The summed E-state index contributed by atoms with van der Waals surface area (Å²) in [6, 6.07) is 6.36. The minimum absolute atomic E-state index is 0.232. The monoisotopic (exact) mass is 395 g/mol. The average Bonchev–Trinajstić information content (AvgIpc) is 3.08.